The summed E-state index contributed by atoms with van der Waals surface area (Å²) in [5.74, 6) is 0.743. The third-order valence-corrected chi connectivity index (χ3v) is 4.37. The predicted octanol–water partition coefficient (Wildman–Crippen LogP) is 0.960. The molecule has 3 rings (SSSR count). The van der Waals surface area contributed by atoms with Gasteiger partial charge in [0.1, 0.15) is 0 Å². The van der Waals surface area contributed by atoms with Crippen molar-refractivity contribution in [2.75, 3.05) is 45.9 Å². The van der Waals surface area contributed by atoms with E-state index in [1.165, 1.54) is 32.6 Å². The zero-order chi connectivity index (χ0) is 14.5. The van der Waals surface area contributed by atoms with Gasteiger partial charge in [0.05, 0.1) is 12.3 Å². The van der Waals surface area contributed by atoms with Gasteiger partial charge in [-0.05, 0) is 19.4 Å². The minimum Gasteiger partial charge on any atom is -0.478 e. The summed E-state index contributed by atoms with van der Waals surface area (Å²) in [5, 5.41) is 3.43. The number of aromatic nitrogens is 1. The van der Waals surface area contributed by atoms with Gasteiger partial charge in [0, 0.05) is 57.9 Å². The highest BCUT2D eigenvalue weighted by atomic mass is 16.5. The van der Waals surface area contributed by atoms with Gasteiger partial charge < -0.3 is 10.1 Å². The molecule has 3 heterocycles. The smallest absolute Gasteiger partial charge is 0.213 e. The van der Waals surface area contributed by atoms with Crippen LogP contribution in [0.2, 0.25) is 0 Å². The third-order valence-electron chi connectivity index (χ3n) is 4.37. The molecule has 1 atom stereocenters. The lowest BCUT2D eigenvalue weighted by molar-refractivity contribution is 0.170. The summed E-state index contributed by atoms with van der Waals surface area (Å²) in [4.78, 5) is 9.73. The molecule has 2 aliphatic heterocycles. The standard InChI is InChI=1S/C16H26N4O/c1-2-21-16-5-3-4-14(18-16)12-19-9-6-15(13-19)20-10-7-17-8-11-20/h3-5,15,17H,2,6-13H2,1H3. The first-order valence-corrected chi connectivity index (χ1v) is 8.11. The Balaban J connectivity index is 1.53. The Labute approximate surface area is 127 Å². The number of rotatable bonds is 5. The van der Waals surface area contributed by atoms with Crippen LogP contribution in [-0.4, -0.2) is 66.7 Å². The number of hydrogen-bond acceptors (Lipinski definition) is 5. The van der Waals surface area contributed by atoms with Crippen molar-refractivity contribution in [3.05, 3.63) is 23.9 Å². The number of likely N-dealkylation sites (tertiary alicyclic amines) is 1. The Morgan fingerprint density at radius 2 is 2.14 bits per heavy atom. The molecule has 2 saturated heterocycles. The summed E-state index contributed by atoms with van der Waals surface area (Å²) in [7, 11) is 0. The van der Waals surface area contributed by atoms with Gasteiger partial charge in [0.25, 0.3) is 0 Å². The molecular weight excluding hydrogens is 264 g/mol. The molecule has 1 unspecified atom stereocenters. The first-order chi connectivity index (χ1) is 10.3. The first kappa shape index (κ1) is 14.8. The van der Waals surface area contributed by atoms with Gasteiger partial charge in [-0.15, -0.1) is 0 Å². The van der Waals surface area contributed by atoms with E-state index in [-0.39, 0.29) is 0 Å². The molecule has 0 bridgehead atoms. The summed E-state index contributed by atoms with van der Waals surface area (Å²) >= 11 is 0. The molecular formula is C16H26N4O. The van der Waals surface area contributed by atoms with Crippen LogP contribution in [0.4, 0.5) is 0 Å². The van der Waals surface area contributed by atoms with Crippen molar-refractivity contribution < 1.29 is 4.74 Å². The van der Waals surface area contributed by atoms with E-state index >= 15 is 0 Å². The molecule has 1 N–H and O–H groups in total. The molecule has 5 nitrogen and oxygen atoms in total. The fourth-order valence-electron chi connectivity index (χ4n) is 3.30. The maximum Gasteiger partial charge on any atom is 0.213 e. The average molecular weight is 290 g/mol. The van der Waals surface area contributed by atoms with E-state index in [1.807, 2.05) is 19.1 Å². The normalized spacial score (nSPS) is 24.3. The number of hydrogen-bond donors (Lipinski definition) is 1. The quantitative estimate of drug-likeness (QED) is 0.875. The molecule has 2 fully saturated rings. The molecule has 1 aromatic rings. The zero-order valence-corrected chi connectivity index (χ0v) is 12.9. The number of nitrogens with one attached hydrogen (secondary N) is 1. The highest BCUT2D eigenvalue weighted by Gasteiger charge is 2.28. The van der Waals surface area contributed by atoms with Gasteiger partial charge >= 0.3 is 0 Å². The van der Waals surface area contributed by atoms with Crippen molar-refractivity contribution in [1.29, 1.82) is 0 Å². The molecule has 0 saturated carbocycles. The lowest BCUT2D eigenvalue weighted by atomic mass is 10.2. The van der Waals surface area contributed by atoms with Crippen molar-refractivity contribution in [3.8, 4) is 5.88 Å². The van der Waals surface area contributed by atoms with Gasteiger partial charge in [-0.2, -0.15) is 0 Å². The molecule has 1 aromatic heterocycles. The Morgan fingerprint density at radius 3 is 2.95 bits per heavy atom. The van der Waals surface area contributed by atoms with Crippen LogP contribution in [0.1, 0.15) is 19.0 Å². The molecule has 5 heteroatoms. The van der Waals surface area contributed by atoms with Crippen molar-refractivity contribution >= 4 is 0 Å². The van der Waals surface area contributed by atoms with Gasteiger partial charge in [-0.1, -0.05) is 6.07 Å². The maximum absolute atomic E-state index is 5.48. The molecule has 2 aliphatic rings. The van der Waals surface area contributed by atoms with Crippen molar-refractivity contribution in [1.82, 2.24) is 20.1 Å². The van der Waals surface area contributed by atoms with E-state index in [9.17, 15) is 0 Å². The second-order valence-corrected chi connectivity index (χ2v) is 5.86. The van der Waals surface area contributed by atoms with Crippen LogP contribution in [-0.2, 0) is 6.54 Å². The molecule has 0 aromatic carbocycles. The Hall–Kier alpha value is -1.17. The lowest BCUT2D eigenvalue weighted by Gasteiger charge is -2.32. The summed E-state index contributed by atoms with van der Waals surface area (Å²) in [6.07, 6.45) is 1.28. The van der Waals surface area contributed by atoms with Gasteiger partial charge in [0.15, 0.2) is 0 Å². The SMILES string of the molecule is CCOc1cccc(CN2CCC(N3CCNCC3)C2)n1. The Bertz CT molecular complexity index is 448. The third kappa shape index (κ3) is 3.93. The van der Waals surface area contributed by atoms with Crippen LogP contribution < -0.4 is 10.1 Å². The Morgan fingerprint density at radius 1 is 1.29 bits per heavy atom. The molecule has 116 valence electrons. The van der Waals surface area contributed by atoms with Crippen LogP contribution in [0, 0.1) is 0 Å². The van der Waals surface area contributed by atoms with Gasteiger partial charge in [-0.3, -0.25) is 9.80 Å². The van der Waals surface area contributed by atoms with E-state index in [0.29, 0.717) is 6.61 Å². The second kappa shape index (κ2) is 7.20. The highest BCUT2D eigenvalue weighted by Crippen LogP contribution is 2.18. The monoisotopic (exact) mass is 290 g/mol. The predicted molar refractivity (Wildman–Crippen MR) is 83.5 cm³/mol. The van der Waals surface area contributed by atoms with Gasteiger partial charge in [-0.25, -0.2) is 4.98 Å². The molecule has 0 aliphatic carbocycles. The van der Waals surface area contributed by atoms with E-state index in [1.54, 1.807) is 0 Å². The van der Waals surface area contributed by atoms with Crippen LogP contribution in [0.25, 0.3) is 0 Å². The van der Waals surface area contributed by atoms with Crippen molar-refractivity contribution in [2.45, 2.75) is 25.9 Å². The Kier molecular flexibility index (Phi) is 5.06. The number of pyridine rings is 1. The minimum absolute atomic E-state index is 0.672. The summed E-state index contributed by atoms with van der Waals surface area (Å²) in [6.45, 7) is 10.6. The molecule has 0 amide bonds. The minimum atomic E-state index is 0.672. The van der Waals surface area contributed by atoms with Crippen LogP contribution in [0.3, 0.4) is 0 Å². The van der Waals surface area contributed by atoms with E-state index < -0.39 is 0 Å². The van der Waals surface area contributed by atoms with Crippen LogP contribution in [0.5, 0.6) is 5.88 Å². The van der Waals surface area contributed by atoms with Gasteiger partial charge in [0.2, 0.25) is 5.88 Å². The summed E-state index contributed by atoms with van der Waals surface area (Å²) < 4.78 is 5.48. The summed E-state index contributed by atoms with van der Waals surface area (Å²) in [6, 6.07) is 6.79. The maximum atomic E-state index is 5.48. The zero-order valence-electron chi connectivity index (χ0n) is 12.9. The fraction of sp³-hybridized carbons (Fsp3) is 0.688. The van der Waals surface area contributed by atoms with E-state index in [2.05, 4.69) is 26.2 Å². The molecule has 0 spiro atoms. The number of piperazine rings is 1. The number of ether oxygens (including phenoxy) is 1. The second-order valence-electron chi connectivity index (χ2n) is 5.86. The first-order valence-electron chi connectivity index (χ1n) is 8.11. The largest absolute Gasteiger partial charge is 0.478 e. The van der Waals surface area contributed by atoms with Crippen LogP contribution >= 0.6 is 0 Å². The average Bonchev–Trinajstić information content (AvgIpc) is 2.97. The highest BCUT2D eigenvalue weighted by molar-refractivity contribution is 5.16. The summed E-state index contributed by atoms with van der Waals surface area (Å²) in [5.41, 5.74) is 1.11. The fourth-order valence-corrected chi connectivity index (χ4v) is 3.30. The van der Waals surface area contributed by atoms with E-state index in [0.717, 1.165) is 37.3 Å². The number of nitrogens with zero attached hydrogens (tertiary/aromatic N) is 3. The lowest BCUT2D eigenvalue weighted by Crippen LogP contribution is -2.49. The van der Waals surface area contributed by atoms with E-state index in [4.69, 9.17) is 4.74 Å². The molecule has 0 radical (unpaired) electrons. The van der Waals surface area contributed by atoms with Crippen molar-refractivity contribution in [2.24, 2.45) is 0 Å². The topological polar surface area (TPSA) is 40.6 Å². The molecule has 21 heavy (non-hydrogen) atoms. The van der Waals surface area contributed by atoms with Crippen LogP contribution in [0.15, 0.2) is 18.2 Å². The van der Waals surface area contributed by atoms with Crippen molar-refractivity contribution in [3.63, 3.8) is 0 Å².